The predicted molar refractivity (Wildman–Crippen MR) is 87.1 cm³/mol. The summed E-state index contributed by atoms with van der Waals surface area (Å²) in [4.78, 5) is 2.58. The van der Waals surface area contributed by atoms with Crippen LogP contribution in [0.25, 0.3) is 0 Å². The number of piperidine rings is 1. The first kappa shape index (κ1) is 14.0. The molecule has 3 heterocycles. The van der Waals surface area contributed by atoms with Crippen LogP contribution in [-0.4, -0.2) is 29.2 Å². The fraction of sp³-hybridized carbons (Fsp3) is 0.526. The zero-order chi connectivity index (χ0) is 15.3. The SMILES string of the molecule is Cc1ccc([C@H]2C[C@H]3CCC(C2c2cc(C)no2)N3C)cc1. The molecule has 1 aromatic carbocycles. The van der Waals surface area contributed by atoms with Gasteiger partial charge in [0.2, 0.25) is 0 Å². The quantitative estimate of drug-likeness (QED) is 0.838. The molecule has 3 nitrogen and oxygen atoms in total. The highest BCUT2D eigenvalue weighted by Gasteiger charge is 2.47. The number of fused-ring (bicyclic) bond motifs is 2. The smallest absolute Gasteiger partial charge is 0.142 e. The van der Waals surface area contributed by atoms with E-state index >= 15 is 0 Å². The maximum atomic E-state index is 5.70. The first-order valence-corrected chi connectivity index (χ1v) is 8.35. The minimum Gasteiger partial charge on any atom is -0.361 e. The summed E-state index contributed by atoms with van der Waals surface area (Å²) in [5.74, 6) is 2.04. The topological polar surface area (TPSA) is 29.3 Å². The van der Waals surface area contributed by atoms with Gasteiger partial charge in [0, 0.05) is 24.1 Å². The van der Waals surface area contributed by atoms with Gasteiger partial charge in [-0.05, 0) is 51.6 Å². The molecule has 2 unspecified atom stereocenters. The number of nitrogens with zero attached hydrogens (tertiary/aromatic N) is 2. The summed E-state index contributed by atoms with van der Waals surface area (Å²) in [7, 11) is 2.28. The highest BCUT2D eigenvalue weighted by atomic mass is 16.5. The largest absolute Gasteiger partial charge is 0.361 e. The van der Waals surface area contributed by atoms with Crippen LogP contribution >= 0.6 is 0 Å². The van der Waals surface area contributed by atoms with Crippen molar-refractivity contribution in [3.63, 3.8) is 0 Å². The summed E-state index contributed by atoms with van der Waals surface area (Å²) >= 11 is 0. The first-order chi connectivity index (χ1) is 10.6. The number of aryl methyl sites for hydroxylation is 2. The third kappa shape index (κ3) is 2.19. The standard InChI is InChI=1S/C19H24N2O/c1-12-4-6-14(7-5-12)16-11-15-8-9-17(21(15)3)19(16)18-10-13(2)20-22-18/h4-7,10,15-17,19H,8-9,11H2,1-3H3/t15-,16-,17?,19?/m1/s1. The fourth-order valence-corrected chi connectivity index (χ4v) is 4.55. The third-order valence-corrected chi connectivity index (χ3v) is 5.75. The van der Waals surface area contributed by atoms with Gasteiger partial charge in [0.05, 0.1) is 5.69 Å². The van der Waals surface area contributed by atoms with Crippen molar-refractivity contribution in [2.75, 3.05) is 7.05 Å². The molecule has 1 aromatic heterocycles. The number of aromatic nitrogens is 1. The van der Waals surface area contributed by atoms with Crippen molar-refractivity contribution in [1.82, 2.24) is 10.1 Å². The van der Waals surface area contributed by atoms with Crippen LogP contribution in [0.5, 0.6) is 0 Å². The van der Waals surface area contributed by atoms with Crippen LogP contribution in [0.15, 0.2) is 34.9 Å². The second-order valence-corrected chi connectivity index (χ2v) is 7.11. The van der Waals surface area contributed by atoms with Crippen molar-refractivity contribution >= 4 is 0 Å². The molecule has 3 heteroatoms. The molecule has 2 aromatic rings. The van der Waals surface area contributed by atoms with E-state index < -0.39 is 0 Å². The monoisotopic (exact) mass is 296 g/mol. The van der Waals surface area contributed by atoms with Crippen LogP contribution in [0, 0.1) is 13.8 Å². The summed E-state index contributed by atoms with van der Waals surface area (Å²) in [6.45, 7) is 4.16. The van der Waals surface area contributed by atoms with Crippen LogP contribution in [0.4, 0.5) is 0 Å². The van der Waals surface area contributed by atoms with Gasteiger partial charge >= 0.3 is 0 Å². The zero-order valence-electron chi connectivity index (χ0n) is 13.6. The van der Waals surface area contributed by atoms with Crippen molar-refractivity contribution < 1.29 is 4.52 Å². The predicted octanol–water partition coefficient (Wildman–Crippen LogP) is 4.03. The van der Waals surface area contributed by atoms with Crippen molar-refractivity contribution in [3.8, 4) is 0 Å². The average molecular weight is 296 g/mol. The Morgan fingerprint density at radius 2 is 1.91 bits per heavy atom. The Balaban J connectivity index is 1.76. The normalized spacial score (nSPS) is 31.6. The molecule has 0 radical (unpaired) electrons. The third-order valence-electron chi connectivity index (χ3n) is 5.75. The molecule has 0 spiro atoms. The van der Waals surface area contributed by atoms with Crippen molar-refractivity contribution in [3.05, 3.63) is 52.9 Å². The van der Waals surface area contributed by atoms with E-state index in [1.54, 1.807) is 0 Å². The number of benzene rings is 1. The Hall–Kier alpha value is -1.61. The minimum absolute atomic E-state index is 0.424. The van der Waals surface area contributed by atoms with Crippen LogP contribution in [0.1, 0.15) is 53.7 Å². The van der Waals surface area contributed by atoms with Crippen molar-refractivity contribution in [1.29, 1.82) is 0 Å². The lowest BCUT2D eigenvalue weighted by molar-refractivity contribution is 0.122. The van der Waals surface area contributed by atoms with E-state index in [0.717, 1.165) is 17.5 Å². The molecule has 0 aliphatic carbocycles. The molecule has 2 aliphatic heterocycles. The van der Waals surface area contributed by atoms with E-state index in [0.29, 0.717) is 17.9 Å². The molecule has 2 aliphatic rings. The van der Waals surface area contributed by atoms with Crippen molar-refractivity contribution in [2.24, 2.45) is 0 Å². The fourth-order valence-electron chi connectivity index (χ4n) is 4.55. The molecule has 2 bridgehead atoms. The van der Waals surface area contributed by atoms with Gasteiger partial charge in [0.25, 0.3) is 0 Å². The Morgan fingerprint density at radius 3 is 2.59 bits per heavy atom. The molecule has 2 fully saturated rings. The lowest BCUT2D eigenvalue weighted by atomic mass is 9.75. The van der Waals surface area contributed by atoms with Crippen LogP contribution < -0.4 is 0 Å². The molecule has 4 atom stereocenters. The maximum Gasteiger partial charge on any atom is 0.142 e. The van der Waals surface area contributed by atoms with E-state index in [-0.39, 0.29) is 0 Å². The Kier molecular flexibility index (Phi) is 3.33. The van der Waals surface area contributed by atoms with E-state index in [9.17, 15) is 0 Å². The molecule has 0 saturated carbocycles. The first-order valence-electron chi connectivity index (χ1n) is 8.35. The van der Waals surface area contributed by atoms with Crippen LogP contribution in [-0.2, 0) is 0 Å². The number of likely N-dealkylation sites (N-methyl/N-ethyl adjacent to an activating group) is 1. The van der Waals surface area contributed by atoms with Gasteiger partial charge in [0.1, 0.15) is 5.76 Å². The van der Waals surface area contributed by atoms with Crippen molar-refractivity contribution in [2.45, 2.75) is 57.0 Å². The highest BCUT2D eigenvalue weighted by Crippen LogP contribution is 2.50. The molecule has 2 saturated heterocycles. The molecule has 4 rings (SSSR count). The number of hydrogen-bond donors (Lipinski definition) is 0. The van der Waals surface area contributed by atoms with Gasteiger partial charge in [0.15, 0.2) is 0 Å². The minimum atomic E-state index is 0.424. The summed E-state index contributed by atoms with van der Waals surface area (Å²) in [6, 6.07) is 12.5. The second-order valence-electron chi connectivity index (χ2n) is 7.11. The number of rotatable bonds is 2. The molecule has 22 heavy (non-hydrogen) atoms. The van der Waals surface area contributed by atoms with Crippen LogP contribution in [0.2, 0.25) is 0 Å². The van der Waals surface area contributed by atoms with E-state index in [4.69, 9.17) is 4.52 Å². The Bertz CT molecular complexity index is 660. The summed E-state index contributed by atoms with van der Waals surface area (Å²) in [5, 5.41) is 4.15. The molecular formula is C19H24N2O. The molecule has 0 amide bonds. The van der Waals surface area contributed by atoms with Gasteiger partial charge < -0.3 is 4.52 Å². The van der Waals surface area contributed by atoms with E-state index in [1.807, 2.05) is 6.92 Å². The van der Waals surface area contributed by atoms with Gasteiger partial charge in [-0.15, -0.1) is 0 Å². The zero-order valence-corrected chi connectivity index (χ0v) is 13.6. The maximum absolute atomic E-state index is 5.70. The lowest BCUT2D eigenvalue weighted by Crippen LogP contribution is -2.44. The molecular weight excluding hydrogens is 272 g/mol. The lowest BCUT2D eigenvalue weighted by Gasteiger charge is -2.42. The summed E-state index contributed by atoms with van der Waals surface area (Å²) in [5.41, 5.74) is 3.77. The Labute approximate surface area is 132 Å². The average Bonchev–Trinajstić information content (AvgIpc) is 3.02. The van der Waals surface area contributed by atoms with E-state index in [1.165, 1.54) is 30.4 Å². The highest BCUT2D eigenvalue weighted by molar-refractivity contribution is 5.31. The van der Waals surface area contributed by atoms with Gasteiger partial charge in [-0.25, -0.2) is 0 Å². The summed E-state index contributed by atoms with van der Waals surface area (Å²) < 4.78 is 5.70. The van der Waals surface area contributed by atoms with Crippen LogP contribution in [0.3, 0.4) is 0 Å². The Morgan fingerprint density at radius 1 is 1.14 bits per heavy atom. The molecule has 0 N–H and O–H groups in total. The van der Waals surface area contributed by atoms with Gasteiger partial charge in [-0.1, -0.05) is 35.0 Å². The van der Waals surface area contributed by atoms with E-state index in [2.05, 4.69) is 54.4 Å². The second kappa shape index (κ2) is 5.24. The van der Waals surface area contributed by atoms with Gasteiger partial charge in [-0.2, -0.15) is 0 Å². The van der Waals surface area contributed by atoms with Gasteiger partial charge in [-0.3, -0.25) is 4.90 Å². The molecule has 116 valence electrons. The number of hydrogen-bond acceptors (Lipinski definition) is 3. The summed E-state index contributed by atoms with van der Waals surface area (Å²) in [6.07, 6.45) is 3.81.